The Balaban J connectivity index is 0.000000399. The Bertz CT molecular complexity index is 3850. The number of carbonyl (C=O) groups is 4. The number of aryl methyl sites for hydroxylation is 2. The van der Waals surface area contributed by atoms with Crippen molar-refractivity contribution in [3.8, 4) is 0 Å². The van der Waals surface area contributed by atoms with E-state index in [1.54, 1.807) is 24.7 Å². The summed E-state index contributed by atoms with van der Waals surface area (Å²) in [7, 11) is 1.51. The summed E-state index contributed by atoms with van der Waals surface area (Å²) in [6.07, 6.45) is 4.85. The fourth-order valence-electron chi connectivity index (χ4n) is 7.17. The van der Waals surface area contributed by atoms with Crippen molar-refractivity contribution in [1.29, 1.82) is 0 Å². The molecule has 0 aliphatic heterocycles. The van der Waals surface area contributed by atoms with Crippen LogP contribution in [0.25, 0.3) is 32.7 Å². The molecule has 3 aromatic carbocycles. The Morgan fingerprint density at radius 2 is 1.15 bits per heavy atom. The fourth-order valence-corrected chi connectivity index (χ4v) is 7.83. The number of nitrogens with two attached hydrogens (primary N) is 4. The average Bonchev–Trinajstić information content (AvgIpc) is 2.59. The Morgan fingerprint density at radius 3 is 1.57 bits per heavy atom. The summed E-state index contributed by atoms with van der Waals surface area (Å²) in [6.45, 7) is 4.61. The maximum absolute atomic E-state index is 12.6. The van der Waals surface area contributed by atoms with E-state index < -0.39 is 25.0 Å². The number of alkyl halides is 2. The molecule has 10 aromatic rings. The molecule has 0 bridgehead atoms. The number of anilines is 4. The zero-order valence-corrected chi connectivity index (χ0v) is 55.0. The van der Waals surface area contributed by atoms with E-state index in [0.717, 1.165) is 66.2 Å². The number of aromatic amines is 1. The molecule has 33 heteroatoms. The van der Waals surface area contributed by atoms with Crippen LogP contribution in [0.3, 0.4) is 0 Å². The van der Waals surface area contributed by atoms with E-state index in [0.29, 0.717) is 39.9 Å². The third-order valence-corrected chi connectivity index (χ3v) is 11.8. The number of benzene rings is 3. The van der Waals surface area contributed by atoms with Crippen molar-refractivity contribution in [3.05, 3.63) is 164 Å². The van der Waals surface area contributed by atoms with Gasteiger partial charge in [0.1, 0.15) is 5.82 Å². The molecule has 430 valence electrons. The molecule has 0 saturated carbocycles. The van der Waals surface area contributed by atoms with Crippen LogP contribution in [0.2, 0.25) is 15.1 Å². The molecule has 0 spiro atoms. The van der Waals surface area contributed by atoms with Gasteiger partial charge in [-0.1, -0.05) is 53.0 Å². The van der Waals surface area contributed by atoms with Gasteiger partial charge in [-0.05, 0) is 102 Å². The SMILES string of the molecule is COC(=O)c1nc(N)n(Cc2ccc3ncc(Cl)cc3c2)n1.COC(=O)c1nc(N)n[nH]1.Cc1cc(N)nc(C)c1CNC(=O)c1nc(N)n(Cc2ccc3ncc(Cl)cc3c2)n1.ClCc1ccc2ncc(Cl)cc2c1.O=CO[O-].[2H]CF.[H-].[K+].[K+]. The van der Waals surface area contributed by atoms with Gasteiger partial charge in [-0.25, -0.2) is 23.9 Å². The van der Waals surface area contributed by atoms with Crippen LogP contribution < -0.4 is 136 Å². The predicted molar refractivity (Wildman–Crippen MR) is 305 cm³/mol. The van der Waals surface area contributed by atoms with Gasteiger partial charge < -0.3 is 49.3 Å². The number of nitrogen functional groups attached to an aromatic ring is 4. The molecule has 1 amide bonds. The number of hydrogen-bond donors (Lipinski definition) is 6. The van der Waals surface area contributed by atoms with E-state index in [9.17, 15) is 18.8 Å². The van der Waals surface area contributed by atoms with E-state index in [1.165, 1.54) is 23.6 Å². The minimum absolute atomic E-state index is 0. The molecular formula is C51H51Cl4FK2N18O8. The van der Waals surface area contributed by atoms with Crippen LogP contribution in [0.5, 0.6) is 0 Å². The number of nitrogens with one attached hydrogen (secondary N) is 2. The van der Waals surface area contributed by atoms with Crippen LogP contribution in [0.15, 0.2) is 97.5 Å². The zero-order chi connectivity index (χ0) is 60.8. The number of hydrogen-bond acceptors (Lipinski definition) is 22. The summed E-state index contributed by atoms with van der Waals surface area (Å²) in [5.74, 6) is -0.388. The second-order valence-corrected chi connectivity index (χ2v) is 18.0. The van der Waals surface area contributed by atoms with E-state index in [1.807, 2.05) is 86.6 Å². The van der Waals surface area contributed by atoms with Crippen molar-refractivity contribution in [3.63, 3.8) is 0 Å². The molecule has 0 radical (unpaired) electrons. The maximum atomic E-state index is 12.6. The first-order valence-corrected chi connectivity index (χ1v) is 24.9. The normalized spacial score (nSPS) is 10.1. The first-order valence-electron chi connectivity index (χ1n) is 24.0. The topological polar surface area (TPSA) is 390 Å². The first-order chi connectivity index (χ1) is 39.7. The van der Waals surface area contributed by atoms with Crippen molar-refractivity contribution in [2.24, 2.45) is 0 Å². The van der Waals surface area contributed by atoms with Gasteiger partial charge in [0, 0.05) is 52.9 Å². The van der Waals surface area contributed by atoms with E-state index in [4.69, 9.17) is 80.8 Å². The smallest absolute Gasteiger partial charge is 1.00 e. The van der Waals surface area contributed by atoms with Crippen molar-refractivity contribution in [1.82, 2.24) is 70.0 Å². The first kappa shape index (κ1) is 70.4. The molecule has 26 nitrogen and oxygen atoms in total. The molecule has 0 atom stereocenters. The number of rotatable bonds is 11. The van der Waals surface area contributed by atoms with E-state index >= 15 is 0 Å². The van der Waals surface area contributed by atoms with Crippen LogP contribution in [-0.4, -0.2) is 110 Å². The molecular weight excluding hydrogens is 1230 g/mol. The molecule has 0 aliphatic carbocycles. The number of methoxy groups -OCH3 is 2. The Morgan fingerprint density at radius 1 is 0.714 bits per heavy atom. The molecule has 10 N–H and O–H groups in total. The van der Waals surface area contributed by atoms with Crippen molar-refractivity contribution < 1.29 is 149 Å². The molecule has 0 saturated heterocycles. The van der Waals surface area contributed by atoms with Gasteiger partial charge in [0.05, 0.1) is 67.5 Å². The Labute approximate surface area is 585 Å². The van der Waals surface area contributed by atoms with Crippen LogP contribution in [-0.2, 0) is 44.7 Å². The van der Waals surface area contributed by atoms with Gasteiger partial charge in [-0.3, -0.25) is 34.0 Å². The number of H-pyrrole nitrogens is 1. The van der Waals surface area contributed by atoms with E-state index in [2.05, 4.69) is 75.0 Å². The van der Waals surface area contributed by atoms with Crippen molar-refractivity contribution in [2.75, 3.05) is 44.3 Å². The number of pyridine rings is 4. The van der Waals surface area contributed by atoms with Crippen LogP contribution in [0.4, 0.5) is 28.1 Å². The predicted octanol–water partition coefficient (Wildman–Crippen LogP) is 0.472. The average molecular weight is 1280 g/mol. The van der Waals surface area contributed by atoms with Gasteiger partial charge in [0.25, 0.3) is 18.2 Å². The Hall–Kier alpha value is -6.14. The van der Waals surface area contributed by atoms with Gasteiger partial charge in [-0.2, -0.15) is 15.0 Å². The number of amides is 1. The largest absolute Gasteiger partial charge is 1.00 e. The summed E-state index contributed by atoms with van der Waals surface area (Å²) in [4.78, 5) is 74.3. The third kappa shape index (κ3) is 21.4. The molecule has 84 heavy (non-hydrogen) atoms. The number of carbonyl (C=O) groups excluding carboxylic acids is 4. The summed E-state index contributed by atoms with van der Waals surface area (Å²) >= 11 is 23.5. The number of nitrogens with zero attached hydrogens (tertiary/aromatic N) is 12. The Kier molecular flexibility index (Phi) is 30.1. The minimum atomic E-state index is -1.00. The number of aromatic nitrogens is 13. The number of fused-ring (bicyclic) bond motifs is 3. The summed E-state index contributed by atoms with van der Waals surface area (Å²) in [5, 5.41) is 29.9. The monoisotopic (exact) mass is 1280 g/mol. The number of halogens is 5. The maximum Gasteiger partial charge on any atom is 1.00 e. The van der Waals surface area contributed by atoms with Crippen LogP contribution in [0.1, 0.15) is 68.2 Å². The standard InChI is InChI=1S/C21H21ClN8O.C14H12ClN5O2.C10H7Cl2N.C4H6N4O2.CH3F.CH2O3.2K.H/c1-11-5-18(23)27-12(2)16(11)9-26-20(31)19-28-21(24)30(29-19)10-13-3-4-17-14(6-13)7-15(22)8-25-17;1-22-13(21)12-18-14(16)20(19-12)7-8-2-3-11-9(4-8)5-10(15)6-17-11;11-5-7-1-2-10-8(3-7)4-9(12)6-13-10;1-10-3(9)2-6-4(5)8-7-2;1-2;2-1-4-3;;;/h3-8H,9-10H2,1-2H3,(H2,23,27)(H,26,31)(H2,24,28,29);2-6H,7H2,1H3,(H2,16,18,19);1-4,6H,5H2;1H3,(H3,5,6,7,8);1H3;1,3H;;;/q;;;;;;2*+1;-1/p-1/i;;;;1D;;;;. The minimum Gasteiger partial charge on any atom is -1.00 e. The third-order valence-electron chi connectivity index (χ3n) is 10.8. The van der Waals surface area contributed by atoms with Crippen molar-refractivity contribution in [2.45, 2.75) is 39.4 Å². The molecule has 0 fully saturated rings. The molecule has 7 aromatic heterocycles. The molecule has 7 heterocycles. The second kappa shape index (κ2) is 36.0. The van der Waals surface area contributed by atoms with Crippen LogP contribution in [0, 0.1) is 13.8 Å². The van der Waals surface area contributed by atoms with E-state index in [-0.39, 0.29) is 153 Å². The molecule has 10 rings (SSSR count). The second-order valence-electron chi connectivity index (χ2n) is 16.4. The molecule has 0 aliphatic rings. The van der Waals surface area contributed by atoms with Crippen LogP contribution >= 0.6 is 46.4 Å². The van der Waals surface area contributed by atoms with Gasteiger partial charge in [0.2, 0.25) is 29.5 Å². The zero-order valence-electron chi connectivity index (χ0n) is 47.7. The summed E-state index contributed by atoms with van der Waals surface area (Å²) in [6, 6.07) is 24.7. The van der Waals surface area contributed by atoms with Gasteiger partial charge in [0.15, 0.2) is 0 Å². The number of esters is 2. The van der Waals surface area contributed by atoms with Gasteiger partial charge >= 0.3 is 115 Å². The fraction of sp³-hybridized carbons (Fsp3) is 0.176. The van der Waals surface area contributed by atoms with Gasteiger partial charge in [-0.15, -0.1) is 26.9 Å². The summed E-state index contributed by atoms with van der Waals surface area (Å²) < 4.78 is 27.3. The molecule has 0 unspecified atom stereocenters. The summed E-state index contributed by atoms with van der Waals surface area (Å²) in [5.41, 5.74) is 30.8. The van der Waals surface area contributed by atoms with Crippen molar-refractivity contribution >= 4 is 127 Å². The quantitative estimate of drug-likeness (QED) is 0.0256. The number of ether oxygens (including phenoxy) is 2.